The molecule has 0 saturated heterocycles. The van der Waals surface area contributed by atoms with Gasteiger partial charge < -0.3 is 9.47 Å². The Morgan fingerprint density at radius 2 is 1.62 bits per heavy atom. The van der Waals surface area contributed by atoms with Gasteiger partial charge >= 0.3 is 0 Å². The number of ether oxygens (including phenoxy) is 2. The standard InChI is InChI=1S/C21H20F2N4O2/c1-28-6-3-7-29-18-9-13(8-17(22)19(18)23)15-10-16(15)14-11-26-21(27-12-14)20-24-4-2-5-25-20/h2,4-5,8-9,11-12,15-16H,3,6-7,10H2,1H3/t15-,16+/m1/s1. The third-order valence-corrected chi connectivity index (χ3v) is 4.85. The van der Waals surface area contributed by atoms with Crippen molar-refractivity contribution in [1.82, 2.24) is 19.9 Å². The lowest BCUT2D eigenvalue weighted by Gasteiger charge is -2.10. The third-order valence-electron chi connectivity index (χ3n) is 4.85. The van der Waals surface area contributed by atoms with Crippen LogP contribution in [0.5, 0.6) is 5.75 Å². The van der Waals surface area contributed by atoms with Gasteiger partial charge in [-0.15, -0.1) is 0 Å². The molecule has 2 aromatic heterocycles. The van der Waals surface area contributed by atoms with Gasteiger partial charge in [0, 0.05) is 44.9 Å². The van der Waals surface area contributed by atoms with Crippen LogP contribution >= 0.6 is 0 Å². The van der Waals surface area contributed by atoms with Crippen LogP contribution in [0.4, 0.5) is 8.78 Å². The van der Waals surface area contributed by atoms with E-state index in [1.54, 1.807) is 44.0 Å². The van der Waals surface area contributed by atoms with Crippen LogP contribution in [0.1, 0.15) is 35.8 Å². The first-order chi connectivity index (χ1) is 14.2. The van der Waals surface area contributed by atoms with Gasteiger partial charge in [-0.2, -0.15) is 4.39 Å². The largest absolute Gasteiger partial charge is 0.490 e. The second-order valence-corrected chi connectivity index (χ2v) is 6.87. The predicted molar refractivity (Wildman–Crippen MR) is 102 cm³/mol. The van der Waals surface area contributed by atoms with E-state index in [0.29, 0.717) is 30.2 Å². The molecule has 1 aliphatic rings. The SMILES string of the molecule is COCCCOc1cc([C@H]2C[C@H]2c2cnc(-c3ncccn3)nc2)cc(F)c1F. The normalized spacial score (nSPS) is 17.9. The molecule has 4 rings (SSSR count). The molecule has 0 N–H and O–H groups in total. The molecule has 8 heteroatoms. The molecule has 1 fully saturated rings. The van der Waals surface area contributed by atoms with Crippen LogP contribution in [-0.4, -0.2) is 40.3 Å². The molecule has 1 aromatic carbocycles. The average molecular weight is 398 g/mol. The van der Waals surface area contributed by atoms with Crippen LogP contribution < -0.4 is 4.74 Å². The Morgan fingerprint density at radius 1 is 0.931 bits per heavy atom. The molecule has 0 aliphatic heterocycles. The van der Waals surface area contributed by atoms with Crippen molar-refractivity contribution < 1.29 is 18.3 Å². The van der Waals surface area contributed by atoms with Gasteiger partial charge in [0.25, 0.3) is 0 Å². The highest BCUT2D eigenvalue weighted by Crippen LogP contribution is 2.55. The van der Waals surface area contributed by atoms with Crippen LogP contribution in [0.15, 0.2) is 43.0 Å². The fourth-order valence-corrected chi connectivity index (χ4v) is 3.28. The molecule has 29 heavy (non-hydrogen) atoms. The lowest BCUT2D eigenvalue weighted by atomic mass is 10.1. The zero-order valence-electron chi connectivity index (χ0n) is 15.9. The first-order valence-corrected chi connectivity index (χ1v) is 9.37. The highest BCUT2D eigenvalue weighted by atomic mass is 19.2. The second kappa shape index (κ2) is 8.57. The number of hydrogen-bond acceptors (Lipinski definition) is 6. The molecule has 0 radical (unpaired) electrons. The summed E-state index contributed by atoms with van der Waals surface area (Å²) in [5.41, 5.74) is 1.66. The molecule has 2 heterocycles. The summed E-state index contributed by atoms with van der Waals surface area (Å²) in [6.07, 6.45) is 8.17. The Labute approximate surface area is 167 Å². The van der Waals surface area contributed by atoms with E-state index in [0.717, 1.165) is 12.0 Å². The van der Waals surface area contributed by atoms with Crippen molar-refractivity contribution in [2.24, 2.45) is 0 Å². The van der Waals surface area contributed by atoms with Crippen molar-refractivity contribution in [3.63, 3.8) is 0 Å². The molecular formula is C21H20F2N4O2. The molecule has 2 atom stereocenters. The molecule has 6 nitrogen and oxygen atoms in total. The van der Waals surface area contributed by atoms with E-state index < -0.39 is 11.6 Å². The number of benzene rings is 1. The Morgan fingerprint density at radius 3 is 2.34 bits per heavy atom. The van der Waals surface area contributed by atoms with Gasteiger partial charge in [-0.05, 0) is 47.6 Å². The minimum atomic E-state index is -0.959. The second-order valence-electron chi connectivity index (χ2n) is 6.87. The molecule has 1 aliphatic carbocycles. The maximum absolute atomic E-state index is 14.1. The number of methoxy groups -OCH3 is 1. The van der Waals surface area contributed by atoms with Gasteiger partial charge in [0.1, 0.15) is 0 Å². The highest BCUT2D eigenvalue weighted by Gasteiger charge is 2.40. The molecule has 3 aromatic rings. The Hall–Kier alpha value is -3.00. The molecule has 0 unspecified atom stereocenters. The summed E-state index contributed by atoms with van der Waals surface area (Å²) >= 11 is 0. The van der Waals surface area contributed by atoms with Crippen LogP contribution in [0.25, 0.3) is 11.6 Å². The monoisotopic (exact) mass is 398 g/mol. The van der Waals surface area contributed by atoms with Crippen molar-refractivity contribution in [3.8, 4) is 17.4 Å². The van der Waals surface area contributed by atoms with Gasteiger partial charge in [-0.3, -0.25) is 0 Å². The third kappa shape index (κ3) is 4.37. The Balaban J connectivity index is 1.46. The number of nitrogens with zero attached hydrogens (tertiary/aromatic N) is 4. The van der Waals surface area contributed by atoms with E-state index in [4.69, 9.17) is 9.47 Å². The number of hydrogen-bond donors (Lipinski definition) is 0. The highest BCUT2D eigenvalue weighted by molar-refractivity contribution is 5.44. The predicted octanol–water partition coefficient (Wildman–Crippen LogP) is 3.90. The van der Waals surface area contributed by atoms with Crippen molar-refractivity contribution in [2.75, 3.05) is 20.3 Å². The fraction of sp³-hybridized carbons (Fsp3) is 0.333. The van der Waals surface area contributed by atoms with Gasteiger partial charge in [0.15, 0.2) is 23.2 Å². The molecule has 0 bridgehead atoms. The number of aromatic nitrogens is 4. The molecule has 0 amide bonds. The molecule has 1 saturated carbocycles. The summed E-state index contributed by atoms with van der Waals surface area (Å²) in [4.78, 5) is 16.9. The van der Waals surface area contributed by atoms with Crippen molar-refractivity contribution in [3.05, 3.63) is 65.7 Å². The molecule has 0 spiro atoms. The first kappa shape index (κ1) is 19.3. The first-order valence-electron chi connectivity index (χ1n) is 9.37. The van der Waals surface area contributed by atoms with Crippen molar-refractivity contribution in [1.29, 1.82) is 0 Å². The van der Waals surface area contributed by atoms with E-state index in [1.807, 2.05) is 0 Å². The summed E-state index contributed by atoms with van der Waals surface area (Å²) < 4.78 is 38.4. The minimum absolute atomic E-state index is 0.0606. The van der Waals surface area contributed by atoms with Gasteiger partial charge in [0.05, 0.1) is 6.61 Å². The summed E-state index contributed by atoms with van der Waals surface area (Å²) in [7, 11) is 1.58. The summed E-state index contributed by atoms with van der Waals surface area (Å²) in [5, 5.41) is 0. The van der Waals surface area contributed by atoms with E-state index in [1.165, 1.54) is 6.07 Å². The lowest BCUT2D eigenvalue weighted by molar-refractivity contribution is 0.170. The zero-order valence-corrected chi connectivity index (χ0v) is 15.9. The Bertz CT molecular complexity index is 970. The summed E-state index contributed by atoms with van der Waals surface area (Å²) in [5.74, 6) is -0.773. The van der Waals surface area contributed by atoms with Gasteiger partial charge in [-0.25, -0.2) is 24.3 Å². The Kier molecular flexibility index (Phi) is 5.71. The summed E-state index contributed by atoms with van der Waals surface area (Å²) in [6.45, 7) is 0.761. The van der Waals surface area contributed by atoms with Crippen LogP contribution in [0, 0.1) is 11.6 Å². The number of halogens is 2. The van der Waals surface area contributed by atoms with Crippen molar-refractivity contribution >= 4 is 0 Å². The van der Waals surface area contributed by atoms with Gasteiger partial charge in [0.2, 0.25) is 5.82 Å². The van der Waals surface area contributed by atoms with E-state index in [2.05, 4.69) is 19.9 Å². The maximum Gasteiger partial charge on any atom is 0.200 e. The van der Waals surface area contributed by atoms with Crippen LogP contribution in [-0.2, 0) is 4.74 Å². The van der Waals surface area contributed by atoms with Crippen molar-refractivity contribution in [2.45, 2.75) is 24.7 Å². The van der Waals surface area contributed by atoms with E-state index in [9.17, 15) is 8.78 Å². The average Bonchev–Trinajstić information content (AvgIpc) is 3.56. The number of rotatable bonds is 8. The summed E-state index contributed by atoms with van der Waals surface area (Å²) in [6, 6.07) is 4.56. The topological polar surface area (TPSA) is 70.0 Å². The maximum atomic E-state index is 14.1. The fourth-order valence-electron chi connectivity index (χ4n) is 3.28. The quantitative estimate of drug-likeness (QED) is 0.536. The zero-order chi connectivity index (χ0) is 20.2. The van der Waals surface area contributed by atoms with Gasteiger partial charge in [-0.1, -0.05) is 0 Å². The van der Waals surface area contributed by atoms with Crippen LogP contribution in [0.2, 0.25) is 0 Å². The van der Waals surface area contributed by atoms with E-state index >= 15 is 0 Å². The smallest absolute Gasteiger partial charge is 0.200 e. The minimum Gasteiger partial charge on any atom is -0.490 e. The molecular weight excluding hydrogens is 378 g/mol. The lowest BCUT2D eigenvalue weighted by Crippen LogP contribution is -2.04. The molecule has 150 valence electrons. The van der Waals surface area contributed by atoms with E-state index in [-0.39, 0.29) is 24.2 Å². The van der Waals surface area contributed by atoms with Crippen LogP contribution in [0.3, 0.4) is 0 Å².